The average molecular weight is 282 g/mol. The van der Waals surface area contributed by atoms with Gasteiger partial charge in [0.2, 0.25) is 0 Å². The van der Waals surface area contributed by atoms with Gasteiger partial charge in [0.1, 0.15) is 0 Å². The lowest BCUT2D eigenvalue weighted by Gasteiger charge is -2.18. The molecule has 2 heteroatoms. The molecule has 0 fully saturated rings. The zero-order valence-corrected chi connectivity index (χ0v) is 13.4. The Morgan fingerprint density at radius 1 is 1.00 bits per heavy atom. The highest BCUT2D eigenvalue weighted by Gasteiger charge is 2.09. The number of nitrogens with zero attached hydrogens (tertiary/aromatic N) is 1. The molecule has 2 rings (SSSR count). The van der Waals surface area contributed by atoms with Crippen LogP contribution in [0, 0.1) is 13.8 Å². The van der Waals surface area contributed by atoms with Crippen LogP contribution in [0.5, 0.6) is 0 Å². The van der Waals surface area contributed by atoms with E-state index in [1.54, 1.807) is 0 Å². The molecule has 0 spiro atoms. The van der Waals surface area contributed by atoms with Gasteiger partial charge in [0.25, 0.3) is 0 Å². The van der Waals surface area contributed by atoms with Crippen LogP contribution < -0.4 is 5.32 Å². The third kappa shape index (κ3) is 4.98. The molecule has 112 valence electrons. The number of pyridine rings is 1. The molecule has 1 aromatic heterocycles. The first-order valence-corrected chi connectivity index (χ1v) is 7.87. The lowest BCUT2D eigenvalue weighted by atomic mass is 9.97. The van der Waals surface area contributed by atoms with Crippen molar-refractivity contribution < 1.29 is 0 Å². The van der Waals surface area contributed by atoms with Crippen molar-refractivity contribution in [3.63, 3.8) is 0 Å². The van der Waals surface area contributed by atoms with Crippen molar-refractivity contribution in [2.75, 3.05) is 6.54 Å². The van der Waals surface area contributed by atoms with Crippen molar-refractivity contribution in [3.05, 3.63) is 65.0 Å². The number of hydrogen-bond acceptors (Lipinski definition) is 2. The fourth-order valence-corrected chi connectivity index (χ4v) is 2.67. The number of nitrogens with one attached hydrogen (secondary N) is 1. The molecule has 21 heavy (non-hydrogen) atoms. The summed E-state index contributed by atoms with van der Waals surface area (Å²) in [5.74, 6) is 0. The monoisotopic (exact) mass is 282 g/mol. The summed E-state index contributed by atoms with van der Waals surface area (Å²) in [6.07, 6.45) is 7.11. The number of aryl methyl sites for hydroxylation is 3. The molecule has 0 saturated heterocycles. The van der Waals surface area contributed by atoms with Crippen LogP contribution in [-0.4, -0.2) is 17.6 Å². The van der Waals surface area contributed by atoms with E-state index in [9.17, 15) is 0 Å². The summed E-state index contributed by atoms with van der Waals surface area (Å²) in [5, 5.41) is 3.62. The van der Waals surface area contributed by atoms with E-state index in [1.165, 1.54) is 22.3 Å². The second-order valence-electron chi connectivity index (χ2n) is 5.77. The third-order valence-electron chi connectivity index (χ3n) is 4.08. The minimum atomic E-state index is 0.533. The van der Waals surface area contributed by atoms with Gasteiger partial charge in [-0.15, -0.1) is 0 Å². The first-order chi connectivity index (χ1) is 10.2. The van der Waals surface area contributed by atoms with E-state index in [2.05, 4.69) is 61.4 Å². The van der Waals surface area contributed by atoms with Crippen LogP contribution in [-0.2, 0) is 12.8 Å². The first-order valence-electron chi connectivity index (χ1n) is 7.87. The lowest BCUT2D eigenvalue weighted by molar-refractivity contribution is 0.491. The summed E-state index contributed by atoms with van der Waals surface area (Å²) in [7, 11) is 0. The van der Waals surface area contributed by atoms with E-state index in [4.69, 9.17) is 0 Å². The van der Waals surface area contributed by atoms with E-state index < -0.39 is 0 Å². The molecule has 0 radical (unpaired) electrons. The van der Waals surface area contributed by atoms with Gasteiger partial charge < -0.3 is 5.32 Å². The maximum Gasteiger partial charge on any atom is 0.0270 e. The maximum absolute atomic E-state index is 4.08. The molecule has 1 atom stereocenters. The van der Waals surface area contributed by atoms with Gasteiger partial charge in [-0.3, -0.25) is 4.98 Å². The van der Waals surface area contributed by atoms with Gasteiger partial charge in [-0.2, -0.15) is 0 Å². The van der Waals surface area contributed by atoms with Crippen LogP contribution in [0.15, 0.2) is 42.7 Å². The van der Waals surface area contributed by atoms with Gasteiger partial charge in [-0.1, -0.05) is 25.1 Å². The fourth-order valence-electron chi connectivity index (χ4n) is 2.67. The van der Waals surface area contributed by atoms with Gasteiger partial charge in [-0.25, -0.2) is 0 Å². The van der Waals surface area contributed by atoms with Crippen LogP contribution >= 0.6 is 0 Å². The van der Waals surface area contributed by atoms with Gasteiger partial charge in [0.05, 0.1) is 0 Å². The van der Waals surface area contributed by atoms with Crippen LogP contribution in [0.2, 0.25) is 0 Å². The molecule has 0 aliphatic rings. The van der Waals surface area contributed by atoms with Crippen molar-refractivity contribution in [1.82, 2.24) is 10.3 Å². The molecule has 2 nitrogen and oxygen atoms in total. The standard InChI is InChI=1S/C19H26N2/c1-4-21-19(8-7-17-9-11-20-12-10-17)14-18-6-5-15(2)16(3)13-18/h5-6,9-13,19,21H,4,7-8,14H2,1-3H3. The second kappa shape index (κ2) is 7.94. The van der Waals surface area contributed by atoms with Crippen LogP contribution in [0.4, 0.5) is 0 Å². The highest BCUT2D eigenvalue weighted by atomic mass is 14.9. The smallest absolute Gasteiger partial charge is 0.0270 e. The Hall–Kier alpha value is -1.67. The summed E-state index contributed by atoms with van der Waals surface area (Å²) in [6.45, 7) is 7.56. The fraction of sp³-hybridized carbons (Fsp3) is 0.421. The van der Waals surface area contributed by atoms with Gasteiger partial charge in [0, 0.05) is 18.4 Å². The summed E-state index contributed by atoms with van der Waals surface area (Å²) in [4.78, 5) is 4.08. The molecule has 0 saturated carbocycles. The van der Waals surface area contributed by atoms with Crippen LogP contribution in [0.3, 0.4) is 0 Å². The largest absolute Gasteiger partial charge is 0.314 e. The Morgan fingerprint density at radius 2 is 1.76 bits per heavy atom. The van der Waals surface area contributed by atoms with E-state index in [0.717, 1.165) is 25.8 Å². The highest BCUT2D eigenvalue weighted by molar-refractivity contribution is 5.30. The number of likely N-dealkylation sites (N-methyl/N-ethyl adjacent to an activating group) is 1. The van der Waals surface area contributed by atoms with E-state index in [0.29, 0.717) is 6.04 Å². The first kappa shape index (κ1) is 15.7. The summed E-state index contributed by atoms with van der Waals surface area (Å²) >= 11 is 0. The summed E-state index contributed by atoms with van der Waals surface area (Å²) in [5.41, 5.74) is 5.55. The molecular weight excluding hydrogens is 256 g/mol. The van der Waals surface area contributed by atoms with E-state index in [-0.39, 0.29) is 0 Å². The van der Waals surface area contributed by atoms with Crippen LogP contribution in [0.25, 0.3) is 0 Å². The quantitative estimate of drug-likeness (QED) is 0.834. The van der Waals surface area contributed by atoms with E-state index in [1.807, 2.05) is 12.4 Å². The van der Waals surface area contributed by atoms with Gasteiger partial charge >= 0.3 is 0 Å². The van der Waals surface area contributed by atoms with Crippen molar-refractivity contribution in [1.29, 1.82) is 0 Å². The SMILES string of the molecule is CCNC(CCc1ccncc1)Cc1ccc(C)c(C)c1. The Bertz CT molecular complexity index is 549. The minimum Gasteiger partial charge on any atom is -0.314 e. The normalized spacial score (nSPS) is 12.3. The molecule has 1 unspecified atom stereocenters. The Balaban J connectivity index is 1.96. The van der Waals surface area contributed by atoms with Crippen molar-refractivity contribution in [3.8, 4) is 0 Å². The predicted molar refractivity (Wildman–Crippen MR) is 89.6 cm³/mol. The number of hydrogen-bond donors (Lipinski definition) is 1. The van der Waals surface area contributed by atoms with Gasteiger partial charge in [-0.05, 0) is 74.0 Å². The molecule has 0 bridgehead atoms. The molecule has 2 aromatic rings. The summed E-state index contributed by atoms with van der Waals surface area (Å²) in [6, 6.07) is 11.6. The summed E-state index contributed by atoms with van der Waals surface area (Å²) < 4.78 is 0. The zero-order valence-electron chi connectivity index (χ0n) is 13.4. The Kier molecular flexibility index (Phi) is 5.94. The lowest BCUT2D eigenvalue weighted by Crippen LogP contribution is -2.31. The Labute approximate surface area is 128 Å². The average Bonchev–Trinajstić information content (AvgIpc) is 2.50. The van der Waals surface area contributed by atoms with Crippen molar-refractivity contribution in [2.24, 2.45) is 0 Å². The number of benzene rings is 1. The number of rotatable bonds is 7. The molecule has 0 amide bonds. The number of aromatic nitrogens is 1. The maximum atomic E-state index is 4.08. The molecule has 0 aliphatic heterocycles. The minimum absolute atomic E-state index is 0.533. The van der Waals surface area contributed by atoms with Crippen molar-refractivity contribution in [2.45, 2.75) is 46.1 Å². The van der Waals surface area contributed by atoms with Crippen molar-refractivity contribution >= 4 is 0 Å². The topological polar surface area (TPSA) is 24.9 Å². The predicted octanol–water partition coefficient (Wildman–Crippen LogP) is 3.85. The molecule has 1 aromatic carbocycles. The molecular formula is C19H26N2. The van der Waals surface area contributed by atoms with Crippen LogP contribution in [0.1, 0.15) is 35.6 Å². The zero-order chi connectivity index (χ0) is 15.1. The second-order valence-corrected chi connectivity index (χ2v) is 5.77. The molecule has 1 heterocycles. The van der Waals surface area contributed by atoms with Gasteiger partial charge in [0.15, 0.2) is 0 Å². The van der Waals surface area contributed by atoms with E-state index >= 15 is 0 Å². The molecule has 1 N–H and O–H groups in total. The highest BCUT2D eigenvalue weighted by Crippen LogP contribution is 2.14. The molecule has 0 aliphatic carbocycles. The Morgan fingerprint density at radius 3 is 2.43 bits per heavy atom. The third-order valence-corrected chi connectivity index (χ3v) is 4.08.